The number of hydrogen-bond donors (Lipinski definition) is 0. The van der Waals surface area contributed by atoms with E-state index in [0.717, 1.165) is 24.2 Å². The summed E-state index contributed by atoms with van der Waals surface area (Å²) in [4.78, 5) is 14.6. The molecule has 1 atom stereocenters. The van der Waals surface area contributed by atoms with Crippen LogP contribution in [0.5, 0.6) is 5.75 Å². The Morgan fingerprint density at radius 3 is 2.58 bits per heavy atom. The monoisotopic (exact) mass is 375 g/mol. The Hall–Kier alpha value is -2.02. The molecule has 6 nitrogen and oxygen atoms in total. The Morgan fingerprint density at radius 1 is 1.23 bits per heavy atom. The van der Waals surface area contributed by atoms with Gasteiger partial charge in [0.15, 0.2) is 0 Å². The smallest absolute Gasteiger partial charge is 0.277 e. The molecule has 1 amide bonds. The van der Waals surface area contributed by atoms with E-state index in [1.54, 1.807) is 7.11 Å². The number of thioether (sulfide) groups is 1. The third-order valence-corrected chi connectivity index (χ3v) is 5.76. The van der Waals surface area contributed by atoms with Crippen LogP contribution in [-0.2, 0) is 4.79 Å². The third-order valence-electron chi connectivity index (χ3n) is 4.84. The Morgan fingerprint density at radius 2 is 1.92 bits per heavy atom. The fourth-order valence-corrected chi connectivity index (χ4v) is 4.03. The molecule has 0 bridgehead atoms. The minimum atomic E-state index is -0.258. The standard InChI is InChI=1S/C19H25N3O3S/c1-13(18(23)22(2)15-7-5-4-6-8-15)26-19-21-20-17(25-19)14-9-11-16(24-3)12-10-14/h9-13,15H,4-8H2,1-3H3. The van der Waals surface area contributed by atoms with Crippen molar-refractivity contribution in [1.82, 2.24) is 15.1 Å². The molecule has 1 aromatic carbocycles. The van der Waals surface area contributed by atoms with Gasteiger partial charge in [0.25, 0.3) is 5.22 Å². The van der Waals surface area contributed by atoms with Gasteiger partial charge < -0.3 is 14.1 Å². The van der Waals surface area contributed by atoms with Crippen molar-refractivity contribution < 1.29 is 13.9 Å². The molecule has 0 spiro atoms. The fourth-order valence-electron chi connectivity index (χ4n) is 3.24. The summed E-state index contributed by atoms with van der Waals surface area (Å²) in [6, 6.07) is 7.78. The third kappa shape index (κ3) is 4.38. The number of hydrogen-bond acceptors (Lipinski definition) is 6. The van der Waals surface area contributed by atoms with E-state index < -0.39 is 0 Å². The fraction of sp³-hybridized carbons (Fsp3) is 0.526. The van der Waals surface area contributed by atoms with Gasteiger partial charge in [-0.2, -0.15) is 0 Å². The first-order chi connectivity index (χ1) is 12.6. The zero-order valence-corrected chi connectivity index (χ0v) is 16.3. The van der Waals surface area contributed by atoms with E-state index in [0.29, 0.717) is 17.2 Å². The first-order valence-corrected chi connectivity index (χ1v) is 9.87. The summed E-state index contributed by atoms with van der Waals surface area (Å²) in [5.74, 6) is 1.33. The molecule has 1 unspecified atom stereocenters. The summed E-state index contributed by atoms with van der Waals surface area (Å²) >= 11 is 1.31. The van der Waals surface area contributed by atoms with Crippen molar-refractivity contribution in [2.45, 2.75) is 55.5 Å². The van der Waals surface area contributed by atoms with Crippen LogP contribution < -0.4 is 4.74 Å². The van der Waals surface area contributed by atoms with Crippen molar-refractivity contribution in [2.24, 2.45) is 0 Å². The molecule has 1 fully saturated rings. The van der Waals surface area contributed by atoms with Crippen LogP contribution in [-0.4, -0.2) is 46.5 Å². The highest BCUT2D eigenvalue weighted by Crippen LogP contribution is 2.29. The predicted molar refractivity (Wildman–Crippen MR) is 101 cm³/mol. The van der Waals surface area contributed by atoms with Crippen LogP contribution in [0.3, 0.4) is 0 Å². The molecule has 1 aliphatic carbocycles. The summed E-state index contributed by atoms with van der Waals surface area (Å²) in [6.45, 7) is 1.89. The van der Waals surface area contributed by atoms with Gasteiger partial charge in [-0.3, -0.25) is 4.79 Å². The lowest BCUT2D eigenvalue weighted by Crippen LogP contribution is -2.42. The molecule has 140 valence electrons. The van der Waals surface area contributed by atoms with Gasteiger partial charge in [0.2, 0.25) is 11.8 Å². The number of benzene rings is 1. The number of aromatic nitrogens is 2. The van der Waals surface area contributed by atoms with E-state index >= 15 is 0 Å². The molecule has 1 aliphatic rings. The van der Waals surface area contributed by atoms with Crippen LogP contribution in [0, 0.1) is 0 Å². The SMILES string of the molecule is COc1ccc(-c2nnc(SC(C)C(=O)N(C)C3CCCCC3)o2)cc1. The maximum absolute atomic E-state index is 12.7. The quantitative estimate of drug-likeness (QED) is 0.711. The molecule has 7 heteroatoms. The minimum absolute atomic E-state index is 0.117. The van der Waals surface area contributed by atoms with Gasteiger partial charge >= 0.3 is 0 Å². The molecule has 3 rings (SSSR count). The van der Waals surface area contributed by atoms with Crippen LogP contribution in [0.25, 0.3) is 11.5 Å². The van der Waals surface area contributed by atoms with Gasteiger partial charge in [0, 0.05) is 18.7 Å². The Bertz CT molecular complexity index is 726. The maximum Gasteiger partial charge on any atom is 0.277 e. The van der Waals surface area contributed by atoms with Crippen LogP contribution in [0.15, 0.2) is 33.9 Å². The molecule has 0 aliphatic heterocycles. The molecule has 1 heterocycles. The van der Waals surface area contributed by atoms with Crippen molar-refractivity contribution in [3.63, 3.8) is 0 Å². The second-order valence-electron chi connectivity index (χ2n) is 6.60. The summed E-state index contributed by atoms with van der Waals surface area (Å²) in [6.07, 6.45) is 5.89. The normalized spacial score (nSPS) is 16.3. The zero-order chi connectivity index (χ0) is 18.5. The Kier molecular flexibility index (Phi) is 6.19. The average Bonchev–Trinajstić information content (AvgIpc) is 3.16. The highest BCUT2D eigenvalue weighted by Gasteiger charge is 2.27. The predicted octanol–water partition coefficient (Wildman–Crippen LogP) is 4.02. The Balaban J connectivity index is 1.61. The van der Waals surface area contributed by atoms with Crippen LogP contribution in [0.4, 0.5) is 0 Å². The van der Waals surface area contributed by atoms with Crippen molar-refractivity contribution in [2.75, 3.05) is 14.2 Å². The van der Waals surface area contributed by atoms with Gasteiger partial charge in [-0.1, -0.05) is 31.0 Å². The first-order valence-electron chi connectivity index (χ1n) is 8.99. The lowest BCUT2D eigenvalue weighted by molar-refractivity contribution is -0.131. The van der Waals surface area contributed by atoms with Gasteiger partial charge in [0.1, 0.15) is 5.75 Å². The van der Waals surface area contributed by atoms with Crippen molar-refractivity contribution in [3.8, 4) is 17.2 Å². The number of carbonyl (C=O) groups is 1. The minimum Gasteiger partial charge on any atom is -0.497 e. The first kappa shape index (κ1) is 18.8. The second-order valence-corrected chi connectivity index (χ2v) is 7.89. The van der Waals surface area contributed by atoms with Gasteiger partial charge in [0.05, 0.1) is 12.4 Å². The van der Waals surface area contributed by atoms with E-state index in [2.05, 4.69) is 10.2 Å². The average molecular weight is 375 g/mol. The summed E-state index contributed by atoms with van der Waals surface area (Å²) in [5.41, 5.74) is 0.823. The van der Waals surface area contributed by atoms with Crippen LogP contribution in [0.1, 0.15) is 39.0 Å². The number of carbonyl (C=O) groups excluding carboxylic acids is 1. The zero-order valence-electron chi connectivity index (χ0n) is 15.5. The molecule has 0 radical (unpaired) electrons. The topological polar surface area (TPSA) is 68.5 Å². The number of rotatable bonds is 6. The summed E-state index contributed by atoms with van der Waals surface area (Å²) in [7, 11) is 3.53. The molecule has 26 heavy (non-hydrogen) atoms. The molecular weight excluding hydrogens is 350 g/mol. The van der Waals surface area contributed by atoms with Crippen LogP contribution in [0.2, 0.25) is 0 Å². The van der Waals surface area contributed by atoms with E-state index in [4.69, 9.17) is 9.15 Å². The molecule has 2 aromatic rings. The number of ether oxygens (including phenoxy) is 1. The van der Waals surface area contributed by atoms with Gasteiger partial charge in [-0.25, -0.2) is 0 Å². The van der Waals surface area contributed by atoms with Gasteiger partial charge in [-0.05, 0) is 44.0 Å². The van der Waals surface area contributed by atoms with Crippen molar-refractivity contribution in [3.05, 3.63) is 24.3 Å². The van der Waals surface area contributed by atoms with E-state index in [9.17, 15) is 4.79 Å². The molecule has 1 saturated carbocycles. The molecule has 0 N–H and O–H groups in total. The second kappa shape index (κ2) is 8.58. The van der Waals surface area contributed by atoms with E-state index in [1.165, 1.54) is 31.0 Å². The summed E-state index contributed by atoms with van der Waals surface area (Å²) in [5, 5.41) is 8.31. The van der Waals surface area contributed by atoms with E-state index in [-0.39, 0.29) is 11.2 Å². The maximum atomic E-state index is 12.7. The number of amides is 1. The number of methoxy groups -OCH3 is 1. The van der Waals surface area contributed by atoms with E-state index in [1.807, 2.05) is 43.1 Å². The van der Waals surface area contributed by atoms with Crippen LogP contribution >= 0.6 is 11.8 Å². The molecule has 1 aromatic heterocycles. The Labute approximate surface area is 158 Å². The van der Waals surface area contributed by atoms with Crippen molar-refractivity contribution >= 4 is 17.7 Å². The van der Waals surface area contributed by atoms with Gasteiger partial charge in [-0.15, -0.1) is 10.2 Å². The lowest BCUT2D eigenvalue weighted by Gasteiger charge is -2.32. The highest BCUT2D eigenvalue weighted by atomic mass is 32.2. The number of nitrogens with zero attached hydrogens (tertiary/aromatic N) is 3. The highest BCUT2D eigenvalue weighted by molar-refractivity contribution is 8.00. The van der Waals surface area contributed by atoms with Crippen molar-refractivity contribution in [1.29, 1.82) is 0 Å². The largest absolute Gasteiger partial charge is 0.497 e. The lowest BCUT2D eigenvalue weighted by atomic mass is 9.94. The molecule has 0 saturated heterocycles. The molecular formula is C19H25N3O3S. The summed E-state index contributed by atoms with van der Waals surface area (Å²) < 4.78 is 10.9.